The predicted octanol–water partition coefficient (Wildman–Crippen LogP) is 0.0363. The summed E-state index contributed by atoms with van der Waals surface area (Å²) in [4.78, 5) is 2.21. The molecule has 0 saturated heterocycles. The Morgan fingerprint density at radius 1 is 1.36 bits per heavy atom. The van der Waals surface area contributed by atoms with Gasteiger partial charge in [-0.3, -0.25) is 0 Å². The third kappa shape index (κ3) is 4.35. The maximum Gasteiger partial charge on any atom is 0.0675 e. The molecule has 0 bridgehead atoms. The molecule has 11 heavy (non-hydrogen) atoms. The first-order valence-corrected chi connectivity index (χ1v) is 4.27. The van der Waals surface area contributed by atoms with Gasteiger partial charge in [0, 0.05) is 12.6 Å². The molecule has 0 aromatic rings. The van der Waals surface area contributed by atoms with Gasteiger partial charge in [0.2, 0.25) is 0 Å². The second-order valence-electron chi connectivity index (χ2n) is 2.89. The fourth-order valence-corrected chi connectivity index (χ4v) is 0.932. The Balaban J connectivity index is 3.62. The molecule has 0 aromatic heterocycles. The minimum atomic E-state index is -0.407. The lowest BCUT2D eigenvalue weighted by atomic mass is 10.2. The van der Waals surface area contributed by atoms with Gasteiger partial charge in [-0.1, -0.05) is 13.8 Å². The number of hydrogen-bond acceptors (Lipinski definition) is 3. The smallest absolute Gasteiger partial charge is 0.0675 e. The highest BCUT2D eigenvalue weighted by Crippen LogP contribution is 1.93. The van der Waals surface area contributed by atoms with E-state index >= 15 is 0 Å². The zero-order valence-corrected chi connectivity index (χ0v) is 7.75. The Morgan fingerprint density at radius 3 is 2.09 bits per heavy atom. The Labute approximate surface area is 69.2 Å². The summed E-state index contributed by atoms with van der Waals surface area (Å²) in [7, 11) is 0. The number of rotatable bonds is 5. The van der Waals surface area contributed by atoms with E-state index in [2.05, 4.69) is 18.7 Å². The molecule has 0 fully saturated rings. The van der Waals surface area contributed by atoms with Crippen molar-refractivity contribution in [3.63, 3.8) is 0 Å². The number of likely N-dealkylation sites (N-methyl/N-ethyl adjacent to an activating group) is 1. The van der Waals surface area contributed by atoms with Crippen molar-refractivity contribution in [3.05, 3.63) is 0 Å². The molecule has 3 N–H and O–H groups in total. The maximum atomic E-state index is 9.11. The van der Waals surface area contributed by atoms with Gasteiger partial charge in [-0.05, 0) is 20.0 Å². The zero-order valence-electron chi connectivity index (χ0n) is 7.75. The fraction of sp³-hybridized carbons (Fsp3) is 1.00. The van der Waals surface area contributed by atoms with Crippen LogP contribution in [0.15, 0.2) is 0 Å². The lowest BCUT2D eigenvalue weighted by Crippen LogP contribution is -2.43. The zero-order chi connectivity index (χ0) is 8.85. The molecular formula is C8H20N2O. The van der Waals surface area contributed by atoms with Crippen LogP contribution in [0.4, 0.5) is 0 Å². The normalized spacial score (nSPS) is 16.9. The van der Waals surface area contributed by atoms with Crippen LogP contribution in [0.1, 0.15) is 20.8 Å². The minimum Gasteiger partial charge on any atom is -0.392 e. The van der Waals surface area contributed by atoms with E-state index in [9.17, 15) is 0 Å². The van der Waals surface area contributed by atoms with Crippen LogP contribution in [0.5, 0.6) is 0 Å². The third-order valence-corrected chi connectivity index (χ3v) is 1.98. The SMILES string of the molecule is CCN(CC)CC(N)C(C)O. The molecule has 2 atom stereocenters. The van der Waals surface area contributed by atoms with Gasteiger partial charge in [0.05, 0.1) is 6.10 Å². The molecule has 0 aromatic carbocycles. The van der Waals surface area contributed by atoms with Crippen LogP contribution >= 0.6 is 0 Å². The molecule has 3 nitrogen and oxygen atoms in total. The molecule has 0 aliphatic carbocycles. The van der Waals surface area contributed by atoms with Crippen LogP contribution in [0.2, 0.25) is 0 Å². The highest BCUT2D eigenvalue weighted by molar-refractivity contribution is 4.71. The third-order valence-electron chi connectivity index (χ3n) is 1.98. The van der Waals surface area contributed by atoms with E-state index in [0.29, 0.717) is 0 Å². The second kappa shape index (κ2) is 5.52. The molecular weight excluding hydrogens is 140 g/mol. The van der Waals surface area contributed by atoms with Gasteiger partial charge in [0.15, 0.2) is 0 Å². The highest BCUT2D eigenvalue weighted by Gasteiger charge is 2.11. The van der Waals surface area contributed by atoms with Gasteiger partial charge >= 0.3 is 0 Å². The Morgan fingerprint density at radius 2 is 1.82 bits per heavy atom. The van der Waals surface area contributed by atoms with Crippen molar-refractivity contribution in [1.29, 1.82) is 0 Å². The quantitative estimate of drug-likeness (QED) is 0.597. The van der Waals surface area contributed by atoms with E-state index in [0.717, 1.165) is 19.6 Å². The van der Waals surface area contributed by atoms with Crippen molar-refractivity contribution in [2.24, 2.45) is 5.73 Å². The van der Waals surface area contributed by atoms with Crippen LogP contribution in [-0.4, -0.2) is 41.8 Å². The van der Waals surface area contributed by atoms with Gasteiger partial charge in [0.1, 0.15) is 0 Å². The first-order chi connectivity index (χ1) is 5.11. The molecule has 0 rings (SSSR count). The van der Waals surface area contributed by atoms with Gasteiger partial charge in [0.25, 0.3) is 0 Å². The second-order valence-corrected chi connectivity index (χ2v) is 2.89. The summed E-state index contributed by atoms with van der Waals surface area (Å²) in [6, 6.07) is -0.116. The fourth-order valence-electron chi connectivity index (χ4n) is 0.932. The summed E-state index contributed by atoms with van der Waals surface area (Å²) < 4.78 is 0. The molecule has 0 amide bonds. The lowest BCUT2D eigenvalue weighted by molar-refractivity contribution is 0.136. The molecule has 0 heterocycles. The molecule has 0 radical (unpaired) electrons. The number of aliphatic hydroxyl groups excluding tert-OH is 1. The first-order valence-electron chi connectivity index (χ1n) is 4.27. The van der Waals surface area contributed by atoms with E-state index in [-0.39, 0.29) is 6.04 Å². The van der Waals surface area contributed by atoms with Crippen LogP contribution in [0.25, 0.3) is 0 Å². The molecule has 68 valence electrons. The van der Waals surface area contributed by atoms with Gasteiger partial charge < -0.3 is 15.7 Å². The van der Waals surface area contributed by atoms with Crippen molar-refractivity contribution in [2.75, 3.05) is 19.6 Å². The van der Waals surface area contributed by atoms with E-state index in [1.165, 1.54) is 0 Å². The summed E-state index contributed by atoms with van der Waals surface area (Å²) >= 11 is 0. The van der Waals surface area contributed by atoms with Crippen LogP contribution < -0.4 is 5.73 Å². The van der Waals surface area contributed by atoms with E-state index in [1.807, 2.05) is 0 Å². The van der Waals surface area contributed by atoms with Crippen molar-refractivity contribution in [2.45, 2.75) is 32.9 Å². The lowest BCUT2D eigenvalue weighted by Gasteiger charge is -2.23. The Bertz CT molecular complexity index is 92.1. The van der Waals surface area contributed by atoms with Crippen molar-refractivity contribution in [1.82, 2.24) is 4.90 Å². The van der Waals surface area contributed by atoms with Crippen LogP contribution in [0, 0.1) is 0 Å². The maximum absolute atomic E-state index is 9.11. The minimum absolute atomic E-state index is 0.116. The topological polar surface area (TPSA) is 49.5 Å². The Hall–Kier alpha value is -0.120. The monoisotopic (exact) mass is 160 g/mol. The average Bonchev–Trinajstić information content (AvgIpc) is 1.99. The summed E-state index contributed by atoms with van der Waals surface area (Å²) in [6.07, 6.45) is -0.407. The van der Waals surface area contributed by atoms with E-state index < -0.39 is 6.10 Å². The Kier molecular flexibility index (Phi) is 5.46. The highest BCUT2D eigenvalue weighted by atomic mass is 16.3. The van der Waals surface area contributed by atoms with E-state index in [1.54, 1.807) is 6.92 Å². The van der Waals surface area contributed by atoms with Crippen molar-refractivity contribution in [3.8, 4) is 0 Å². The van der Waals surface area contributed by atoms with Crippen LogP contribution in [-0.2, 0) is 0 Å². The number of hydrogen-bond donors (Lipinski definition) is 2. The van der Waals surface area contributed by atoms with Gasteiger partial charge in [-0.25, -0.2) is 0 Å². The van der Waals surface area contributed by atoms with Crippen molar-refractivity contribution < 1.29 is 5.11 Å². The molecule has 0 aliphatic heterocycles. The summed E-state index contributed by atoms with van der Waals surface area (Å²) in [5.41, 5.74) is 5.68. The summed E-state index contributed by atoms with van der Waals surface area (Å²) in [6.45, 7) is 8.70. The van der Waals surface area contributed by atoms with E-state index in [4.69, 9.17) is 10.8 Å². The van der Waals surface area contributed by atoms with Gasteiger partial charge in [-0.15, -0.1) is 0 Å². The molecule has 0 spiro atoms. The molecule has 2 unspecified atom stereocenters. The predicted molar refractivity (Wildman–Crippen MR) is 47.4 cm³/mol. The van der Waals surface area contributed by atoms with Gasteiger partial charge in [-0.2, -0.15) is 0 Å². The number of nitrogens with two attached hydrogens (primary N) is 1. The standard InChI is InChI=1S/C8H20N2O/c1-4-10(5-2)6-8(9)7(3)11/h7-8,11H,4-6,9H2,1-3H3. The average molecular weight is 160 g/mol. The summed E-state index contributed by atoms with van der Waals surface area (Å²) in [5, 5.41) is 9.11. The molecule has 0 saturated carbocycles. The first kappa shape index (κ1) is 10.9. The van der Waals surface area contributed by atoms with Crippen LogP contribution in [0.3, 0.4) is 0 Å². The summed E-state index contributed by atoms with van der Waals surface area (Å²) in [5.74, 6) is 0. The molecule has 3 heteroatoms. The number of nitrogens with zero attached hydrogens (tertiary/aromatic N) is 1. The van der Waals surface area contributed by atoms with Crippen molar-refractivity contribution >= 4 is 0 Å². The largest absolute Gasteiger partial charge is 0.392 e. The molecule has 0 aliphatic rings. The number of aliphatic hydroxyl groups is 1.